The van der Waals surface area contributed by atoms with Gasteiger partial charge < -0.3 is 0 Å². The molecule has 36 valence electrons. The van der Waals surface area contributed by atoms with Gasteiger partial charge in [-0.05, 0) is 6.26 Å². The molecule has 0 aliphatic carbocycles. The highest BCUT2D eigenvalue weighted by Crippen LogP contribution is 1.31. The predicted molar refractivity (Wildman–Crippen MR) is 33.0 cm³/mol. The summed E-state index contributed by atoms with van der Waals surface area (Å²) >= 11 is 3.53. The first-order chi connectivity index (χ1) is 2.00. The third kappa shape index (κ3) is 196. The first-order valence-electron chi connectivity index (χ1n) is 1.45. The van der Waals surface area contributed by atoms with Gasteiger partial charge >= 0.3 is 0 Å². The first kappa shape index (κ1) is 18.3. The largest absolute Gasteiger partial charge is 0.183 e. The van der Waals surface area contributed by atoms with Gasteiger partial charge in [-0.15, -0.1) is 0 Å². The lowest BCUT2D eigenvalue weighted by Gasteiger charge is -1.11. The Morgan fingerprint density at radius 3 is 1.00 bits per heavy atom. The van der Waals surface area contributed by atoms with Crippen molar-refractivity contribution in [3.63, 3.8) is 0 Å². The molecule has 0 spiro atoms. The van der Waals surface area contributed by atoms with E-state index in [9.17, 15) is 0 Å². The van der Waals surface area contributed by atoms with E-state index in [4.69, 9.17) is 0 Å². The molecule has 0 N–H and O–H groups in total. The van der Waals surface area contributed by atoms with Crippen LogP contribution in [0.5, 0.6) is 0 Å². The molecule has 0 aliphatic rings. The molecule has 0 fully saturated rings. The van der Waals surface area contributed by atoms with Crippen molar-refractivity contribution in [1.29, 1.82) is 0 Å². The standard InChI is InChI=1S/C2H6.CH4S.CH4/c2*1-2;/h1-2H3;2H,1H3;1H4. The Hall–Kier alpha value is 0.350. The Kier molecular flexibility index (Phi) is 1460. The molecule has 0 atom stereocenters. The van der Waals surface area contributed by atoms with Gasteiger partial charge in [-0.3, -0.25) is 0 Å². The van der Waals surface area contributed by atoms with Crippen molar-refractivity contribution in [2.45, 2.75) is 21.3 Å². The highest BCUT2D eigenvalue weighted by molar-refractivity contribution is 7.79. The summed E-state index contributed by atoms with van der Waals surface area (Å²) < 4.78 is 0. The van der Waals surface area contributed by atoms with Crippen LogP contribution >= 0.6 is 12.6 Å². The minimum absolute atomic E-state index is 0. The summed E-state index contributed by atoms with van der Waals surface area (Å²) in [7, 11) is 0. The van der Waals surface area contributed by atoms with Crippen molar-refractivity contribution >= 4 is 12.6 Å². The number of rotatable bonds is 0. The molecule has 0 rings (SSSR count). The summed E-state index contributed by atoms with van der Waals surface area (Å²) in [5.74, 6) is 0. The Balaban J connectivity index is -0.0000000133. The molecular weight excluding hydrogens is 80.1 g/mol. The minimum atomic E-state index is 0. The van der Waals surface area contributed by atoms with Crippen molar-refractivity contribution < 1.29 is 0 Å². The maximum absolute atomic E-state index is 3.53. The predicted octanol–water partition coefficient (Wildman–Crippen LogP) is 2.21. The lowest BCUT2D eigenvalue weighted by Crippen LogP contribution is -0.865. The molecule has 0 aromatic rings. The monoisotopic (exact) mass is 94.1 g/mol. The second kappa shape index (κ2) is 399. The van der Waals surface area contributed by atoms with E-state index >= 15 is 0 Å². The van der Waals surface area contributed by atoms with Crippen LogP contribution in [0.25, 0.3) is 0 Å². The van der Waals surface area contributed by atoms with Crippen LogP contribution < -0.4 is 0 Å². The summed E-state index contributed by atoms with van der Waals surface area (Å²) in [5, 5.41) is 0. The maximum atomic E-state index is 3.53. The summed E-state index contributed by atoms with van der Waals surface area (Å²) in [6, 6.07) is 0. The summed E-state index contributed by atoms with van der Waals surface area (Å²) in [4.78, 5) is 0. The third-order valence-corrected chi connectivity index (χ3v) is 0. The van der Waals surface area contributed by atoms with Crippen molar-refractivity contribution in [3.8, 4) is 0 Å². The van der Waals surface area contributed by atoms with Gasteiger partial charge in [0.15, 0.2) is 0 Å². The maximum Gasteiger partial charge on any atom is -0.0215 e. The van der Waals surface area contributed by atoms with Gasteiger partial charge in [0.2, 0.25) is 0 Å². The fourth-order valence-corrected chi connectivity index (χ4v) is 0. The average molecular weight is 94.2 g/mol. The third-order valence-electron chi connectivity index (χ3n) is 0. The fraction of sp³-hybridized carbons (Fsp3) is 1.00. The van der Waals surface area contributed by atoms with Crippen molar-refractivity contribution in [2.75, 3.05) is 6.26 Å². The molecule has 0 unspecified atom stereocenters. The van der Waals surface area contributed by atoms with Crippen LogP contribution in [0.1, 0.15) is 21.3 Å². The molecule has 0 saturated heterocycles. The highest BCUT2D eigenvalue weighted by Gasteiger charge is 0.932. The Labute approximate surface area is 41.0 Å². The molecule has 1 heteroatoms. The lowest BCUT2D eigenvalue weighted by atomic mass is 11.0. The smallest absolute Gasteiger partial charge is 0.0215 e. The van der Waals surface area contributed by atoms with Crippen LogP contribution in [0.15, 0.2) is 0 Å². The molecule has 0 bridgehead atoms. The second-order valence-electron chi connectivity index (χ2n) is 0. The Morgan fingerprint density at radius 1 is 1.00 bits per heavy atom. The van der Waals surface area contributed by atoms with Crippen LogP contribution in [-0.4, -0.2) is 6.26 Å². The van der Waals surface area contributed by atoms with Crippen LogP contribution in [-0.2, 0) is 0 Å². The zero-order chi connectivity index (χ0) is 4.00. The molecule has 0 aromatic heterocycles. The number of thiol groups is 1. The van der Waals surface area contributed by atoms with Crippen LogP contribution in [0.4, 0.5) is 0 Å². The zero-order valence-electron chi connectivity index (χ0n) is 3.45. The SMILES string of the molecule is C.CC.CS. The van der Waals surface area contributed by atoms with E-state index in [0.717, 1.165) is 0 Å². The summed E-state index contributed by atoms with van der Waals surface area (Å²) in [6.07, 6.45) is 1.69. The number of hydrogen-bond donors (Lipinski definition) is 1. The molecule has 0 saturated carbocycles. The first-order valence-corrected chi connectivity index (χ1v) is 2.34. The van der Waals surface area contributed by atoms with Crippen LogP contribution in [0.3, 0.4) is 0 Å². The molecule has 0 nitrogen and oxygen atoms in total. The molecule has 0 radical (unpaired) electrons. The van der Waals surface area contributed by atoms with E-state index in [2.05, 4.69) is 12.6 Å². The number of hydrogen-bond acceptors (Lipinski definition) is 1. The molecule has 0 aromatic carbocycles. The van der Waals surface area contributed by atoms with Crippen LogP contribution in [0.2, 0.25) is 0 Å². The van der Waals surface area contributed by atoms with Gasteiger partial charge in [0.25, 0.3) is 0 Å². The molecule has 0 aliphatic heterocycles. The average Bonchev–Trinajstić information content (AvgIpc) is 1.50. The van der Waals surface area contributed by atoms with Gasteiger partial charge in [0.05, 0.1) is 0 Å². The lowest BCUT2D eigenvalue weighted by molar-refractivity contribution is 1.50. The molecule has 0 heterocycles. The Morgan fingerprint density at radius 2 is 1.00 bits per heavy atom. The van der Waals surface area contributed by atoms with Gasteiger partial charge in [-0.25, -0.2) is 0 Å². The Bertz CT molecular complexity index is 3.61. The van der Waals surface area contributed by atoms with E-state index in [1.165, 1.54) is 0 Å². The normalized spacial score (nSPS) is 2.40. The van der Waals surface area contributed by atoms with Crippen LogP contribution in [0, 0.1) is 0 Å². The summed E-state index contributed by atoms with van der Waals surface area (Å²) in [5.41, 5.74) is 0. The van der Waals surface area contributed by atoms with Gasteiger partial charge in [0.1, 0.15) is 0 Å². The van der Waals surface area contributed by atoms with Crippen molar-refractivity contribution in [2.24, 2.45) is 0 Å². The van der Waals surface area contributed by atoms with E-state index < -0.39 is 0 Å². The second-order valence-corrected chi connectivity index (χ2v) is 0. The topological polar surface area (TPSA) is 0 Å². The summed E-state index contributed by atoms with van der Waals surface area (Å²) in [6.45, 7) is 4.00. The van der Waals surface area contributed by atoms with Gasteiger partial charge in [0, 0.05) is 0 Å². The zero-order valence-corrected chi connectivity index (χ0v) is 4.34. The molecular formula is C4H14S. The molecule has 5 heavy (non-hydrogen) atoms. The van der Waals surface area contributed by atoms with E-state index in [1.54, 1.807) is 6.26 Å². The van der Waals surface area contributed by atoms with Gasteiger partial charge in [-0.1, -0.05) is 21.3 Å². The van der Waals surface area contributed by atoms with Crippen molar-refractivity contribution in [3.05, 3.63) is 0 Å². The van der Waals surface area contributed by atoms with E-state index in [1.807, 2.05) is 13.8 Å². The van der Waals surface area contributed by atoms with Crippen molar-refractivity contribution in [1.82, 2.24) is 0 Å². The fourth-order valence-electron chi connectivity index (χ4n) is 0. The van der Waals surface area contributed by atoms with E-state index in [-0.39, 0.29) is 7.43 Å². The minimum Gasteiger partial charge on any atom is -0.183 e. The highest BCUT2D eigenvalue weighted by atomic mass is 32.1. The van der Waals surface area contributed by atoms with E-state index in [0.29, 0.717) is 0 Å². The quantitative estimate of drug-likeness (QED) is 0.437. The molecule has 0 amide bonds. The van der Waals surface area contributed by atoms with Gasteiger partial charge in [-0.2, -0.15) is 12.6 Å².